The SMILES string of the molecule is O=C1NC(=Nc2cccc(C(=O)O)c2)S/C1=C\c1ccc(Sc2nc3ccccc3s2)o1. The van der Waals surface area contributed by atoms with Crippen molar-refractivity contribution in [3.05, 3.63) is 76.9 Å². The molecule has 0 unspecified atom stereocenters. The highest BCUT2D eigenvalue weighted by molar-refractivity contribution is 8.18. The van der Waals surface area contributed by atoms with Gasteiger partial charge in [0, 0.05) is 6.08 Å². The van der Waals surface area contributed by atoms with Crippen LogP contribution in [0.2, 0.25) is 0 Å². The van der Waals surface area contributed by atoms with E-state index in [-0.39, 0.29) is 11.5 Å². The second-order valence-electron chi connectivity index (χ2n) is 6.54. The van der Waals surface area contributed by atoms with E-state index in [2.05, 4.69) is 15.3 Å². The van der Waals surface area contributed by atoms with E-state index < -0.39 is 5.97 Å². The summed E-state index contributed by atoms with van der Waals surface area (Å²) in [6, 6.07) is 17.8. The van der Waals surface area contributed by atoms with Crippen molar-refractivity contribution in [3.63, 3.8) is 0 Å². The average Bonchev–Trinajstić information content (AvgIpc) is 3.47. The average molecular weight is 480 g/mol. The van der Waals surface area contributed by atoms with Crippen LogP contribution in [-0.2, 0) is 4.79 Å². The molecule has 0 bridgehead atoms. The largest absolute Gasteiger partial charge is 0.478 e. The van der Waals surface area contributed by atoms with Gasteiger partial charge in [-0.05, 0) is 66.0 Å². The monoisotopic (exact) mass is 479 g/mol. The van der Waals surface area contributed by atoms with Crippen LogP contribution in [0.4, 0.5) is 5.69 Å². The maximum atomic E-state index is 12.3. The minimum atomic E-state index is -1.03. The Bertz CT molecular complexity index is 1390. The first-order chi connectivity index (χ1) is 15.5. The fraction of sp³-hybridized carbons (Fsp3) is 0. The smallest absolute Gasteiger partial charge is 0.335 e. The molecule has 1 aliphatic heterocycles. The van der Waals surface area contributed by atoms with E-state index in [1.165, 1.54) is 23.9 Å². The fourth-order valence-electron chi connectivity index (χ4n) is 2.88. The number of thioether (sulfide) groups is 1. The highest BCUT2D eigenvalue weighted by atomic mass is 32.2. The van der Waals surface area contributed by atoms with Crippen molar-refractivity contribution in [1.82, 2.24) is 10.3 Å². The second kappa shape index (κ2) is 8.65. The lowest BCUT2D eigenvalue weighted by Crippen LogP contribution is -2.19. The molecule has 1 amide bonds. The molecular formula is C22H13N3O4S3. The van der Waals surface area contributed by atoms with Gasteiger partial charge in [0.05, 0.1) is 26.4 Å². The molecule has 32 heavy (non-hydrogen) atoms. The van der Waals surface area contributed by atoms with Crippen LogP contribution in [-0.4, -0.2) is 27.1 Å². The van der Waals surface area contributed by atoms with Gasteiger partial charge >= 0.3 is 5.97 Å². The summed E-state index contributed by atoms with van der Waals surface area (Å²) >= 11 is 4.19. The van der Waals surface area contributed by atoms with Crippen LogP contribution in [0.15, 0.2) is 84.4 Å². The summed E-state index contributed by atoms with van der Waals surface area (Å²) < 4.78 is 7.84. The molecule has 0 saturated carbocycles. The quantitative estimate of drug-likeness (QED) is 0.357. The number of rotatable bonds is 5. The number of carbonyl (C=O) groups excluding carboxylic acids is 1. The first kappa shape index (κ1) is 20.6. The van der Waals surface area contributed by atoms with Crippen molar-refractivity contribution >= 4 is 73.9 Å². The van der Waals surface area contributed by atoms with E-state index in [0.29, 0.717) is 26.6 Å². The third-order valence-electron chi connectivity index (χ3n) is 4.31. The highest BCUT2D eigenvalue weighted by Gasteiger charge is 2.24. The van der Waals surface area contributed by atoms with Crippen LogP contribution in [0.3, 0.4) is 0 Å². The lowest BCUT2D eigenvalue weighted by Gasteiger charge is -1.98. The number of nitrogens with one attached hydrogen (secondary N) is 1. The molecule has 3 heterocycles. The molecule has 1 saturated heterocycles. The predicted octanol–water partition coefficient (Wildman–Crippen LogP) is 5.63. The van der Waals surface area contributed by atoms with Crippen LogP contribution in [0.1, 0.15) is 16.1 Å². The van der Waals surface area contributed by atoms with Gasteiger partial charge in [-0.25, -0.2) is 14.8 Å². The minimum absolute atomic E-state index is 0.130. The van der Waals surface area contributed by atoms with Crippen molar-refractivity contribution in [2.45, 2.75) is 9.43 Å². The number of aromatic carboxylic acids is 1. The van der Waals surface area contributed by atoms with Gasteiger partial charge in [0.25, 0.3) is 5.91 Å². The molecular weight excluding hydrogens is 466 g/mol. The first-order valence-corrected chi connectivity index (χ1v) is 11.7. The number of benzene rings is 2. The maximum Gasteiger partial charge on any atom is 0.335 e. The summed E-state index contributed by atoms with van der Waals surface area (Å²) in [7, 11) is 0. The zero-order valence-electron chi connectivity index (χ0n) is 16.1. The topological polar surface area (TPSA) is 105 Å². The molecule has 7 nitrogen and oxygen atoms in total. The van der Waals surface area contributed by atoms with Gasteiger partial charge in [-0.2, -0.15) is 0 Å². The number of carbonyl (C=O) groups is 2. The number of para-hydroxylation sites is 1. The van der Waals surface area contributed by atoms with Crippen molar-refractivity contribution in [2.24, 2.45) is 4.99 Å². The van der Waals surface area contributed by atoms with Crippen molar-refractivity contribution in [1.29, 1.82) is 0 Å². The van der Waals surface area contributed by atoms with Gasteiger partial charge in [0.1, 0.15) is 5.76 Å². The molecule has 1 fully saturated rings. The molecule has 0 atom stereocenters. The molecule has 10 heteroatoms. The molecule has 1 aliphatic rings. The van der Waals surface area contributed by atoms with Gasteiger partial charge in [-0.15, -0.1) is 11.3 Å². The number of amidine groups is 1. The fourth-order valence-corrected chi connectivity index (χ4v) is 5.67. The number of fused-ring (bicyclic) bond motifs is 1. The van der Waals surface area contributed by atoms with Gasteiger partial charge in [-0.1, -0.05) is 18.2 Å². The number of hydrogen-bond acceptors (Lipinski definition) is 8. The third kappa shape index (κ3) is 4.47. The molecule has 2 aromatic heterocycles. The molecule has 2 N–H and O–H groups in total. The zero-order valence-corrected chi connectivity index (χ0v) is 18.6. The third-order valence-corrected chi connectivity index (χ3v) is 7.24. The Labute approximate surface area is 194 Å². The Balaban J connectivity index is 1.31. The van der Waals surface area contributed by atoms with Gasteiger partial charge in [0.15, 0.2) is 14.6 Å². The van der Waals surface area contributed by atoms with Crippen molar-refractivity contribution in [3.8, 4) is 0 Å². The summed E-state index contributed by atoms with van der Waals surface area (Å²) in [5, 5.41) is 12.8. The van der Waals surface area contributed by atoms with E-state index in [4.69, 9.17) is 9.52 Å². The summed E-state index contributed by atoms with van der Waals surface area (Å²) in [6.07, 6.45) is 1.65. The number of carboxylic acids is 1. The molecule has 0 radical (unpaired) electrons. The van der Waals surface area contributed by atoms with Gasteiger partial charge < -0.3 is 14.8 Å². The van der Waals surface area contributed by atoms with Crippen LogP contribution < -0.4 is 5.32 Å². The highest BCUT2D eigenvalue weighted by Crippen LogP contribution is 2.36. The van der Waals surface area contributed by atoms with Crippen molar-refractivity contribution < 1.29 is 19.1 Å². The maximum absolute atomic E-state index is 12.3. The number of furan rings is 1. The summed E-state index contributed by atoms with van der Waals surface area (Å²) in [6.45, 7) is 0. The van der Waals surface area contributed by atoms with Gasteiger partial charge in [0.2, 0.25) is 0 Å². The number of hydrogen-bond donors (Lipinski definition) is 2. The van der Waals surface area contributed by atoms with E-state index in [1.54, 1.807) is 35.6 Å². The summed E-state index contributed by atoms with van der Waals surface area (Å²) in [5.41, 5.74) is 1.53. The standard InChI is InChI=1S/C22H13N3O4S3/c26-19-17(30-21(25-19)23-13-5-3-4-12(10-13)20(27)28)11-14-8-9-18(29-14)32-22-24-15-6-1-2-7-16(15)31-22/h1-11H,(H,27,28)(H,23,25,26)/b17-11-. The normalized spacial score (nSPS) is 16.2. The van der Waals surface area contributed by atoms with Crippen LogP contribution in [0.5, 0.6) is 0 Å². The number of aliphatic imine (C=N–C) groups is 1. The first-order valence-electron chi connectivity index (χ1n) is 9.30. The molecule has 5 rings (SSSR count). The summed E-state index contributed by atoms with van der Waals surface area (Å²) in [5.74, 6) is -0.784. The number of nitrogens with zero attached hydrogens (tertiary/aromatic N) is 2. The molecule has 2 aromatic carbocycles. The van der Waals surface area contributed by atoms with Gasteiger partial charge in [-0.3, -0.25) is 4.79 Å². The van der Waals surface area contributed by atoms with E-state index in [9.17, 15) is 9.59 Å². The Morgan fingerprint density at radius 1 is 1.16 bits per heavy atom. The van der Waals surface area contributed by atoms with E-state index >= 15 is 0 Å². The second-order valence-corrected chi connectivity index (χ2v) is 9.86. The predicted molar refractivity (Wildman–Crippen MR) is 127 cm³/mol. The van der Waals surface area contributed by atoms with Crippen LogP contribution >= 0.6 is 34.9 Å². The van der Waals surface area contributed by atoms with Crippen molar-refractivity contribution in [2.75, 3.05) is 0 Å². The number of amides is 1. The molecule has 0 aliphatic carbocycles. The van der Waals surface area contributed by atoms with Crippen LogP contribution in [0, 0.1) is 0 Å². The Kier molecular flexibility index (Phi) is 5.56. The lowest BCUT2D eigenvalue weighted by atomic mass is 10.2. The molecule has 4 aromatic rings. The van der Waals surface area contributed by atoms with Crippen LogP contribution in [0.25, 0.3) is 16.3 Å². The zero-order chi connectivity index (χ0) is 22.1. The Hall–Kier alpha value is -3.34. The Morgan fingerprint density at radius 2 is 2.03 bits per heavy atom. The van der Waals surface area contributed by atoms with E-state index in [0.717, 1.165) is 26.3 Å². The summed E-state index contributed by atoms with van der Waals surface area (Å²) in [4.78, 5) is 32.8. The van der Waals surface area contributed by atoms with E-state index in [1.807, 2.05) is 30.3 Å². The molecule has 158 valence electrons. The number of thiazole rings is 1. The Morgan fingerprint density at radius 3 is 2.88 bits per heavy atom. The number of carboxylic acid groups (broad SMARTS) is 1. The lowest BCUT2D eigenvalue weighted by molar-refractivity contribution is -0.115. The molecule has 0 spiro atoms. The number of aromatic nitrogens is 1. The minimum Gasteiger partial charge on any atom is -0.478 e.